The molecule has 0 aliphatic carbocycles. The Hall–Kier alpha value is -4.60. The van der Waals surface area contributed by atoms with E-state index in [-0.39, 0.29) is 11.5 Å². The topological polar surface area (TPSA) is 52.6 Å². The second-order valence-electron chi connectivity index (χ2n) is 8.23. The van der Waals surface area contributed by atoms with Crippen molar-refractivity contribution in [2.45, 2.75) is 17.8 Å². The van der Waals surface area contributed by atoms with Gasteiger partial charge in [0, 0.05) is 11.1 Å². The van der Waals surface area contributed by atoms with Crippen LogP contribution in [0, 0.1) is 0 Å². The quantitative estimate of drug-likeness (QED) is 0.136. The summed E-state index contributed by atoms with van der Waals surface area (Å²) in [4.78, 5) is 25.5. The lowest BCUT2D eigenvalue weighted by molar-refractivity contribution is -0.314. The van der Waals surface area contributed by atoms with Gasteiger partial charge in [-0.15, -0.1) is 0 Å². The predicted molar refractivity (Wildman–Crippen MR) is 128 cm³/mol. The fourth-order valence-corrected chi connectivity index (χ4v) is 3.88. The van der Waals surface area contributed by atoms with Crippen molar-refractivity contribution < 1.29 is 45.4 Å². The van der Waals surface area contributed by atoms with E-state index in [0.717, 1.165) is 36.4 Å². The third-order valence-electron chi connectivity index (χ3n) is 5.73. The highest BCUT2D eigenvalue weighted by atomic mass is 19.4. The molecule has 0 bridgehead atoms. The summed E-state index contributed by atoms with van der Waals surface area (Å²) in [5.74, 6) is -8.51. The number of rotatable bonds is 7. The van der Waals surface area contributed by atoms with Gasteiger partial charge in [0.05, 0.1) is 11.1 Å². The Labute approximate surface area is 218 Å². The van der Waals surface area contributed by atoms with Gasteiger partial charge >= 0.3 is 24.0 Å². The SMILES string of the molecule is O=C(Oc1ccccc1)c1ccccc1C(F)(F)C(F)(c1ccccc1C(=O)Oc1ccccc1)C(F)(F)F. The lowest BCUT2D eigenvalue weighted by Crippen LogP contribution is -2.52. The average molecular weight is 544 g/mol. The molecule has 0 N–H and O–H groups in total. The summed E-state index contributed by atoms with van der Waals surface area (Å²) in [6.07, 6.45) is -6.25. The first kappa shape index (κ1) is 27.4. The van der Waals surface area contributed by atoms with Gasteiger partial charge in [-0.05, 0) is 36.4 Å². The van der Waals surface area contributed by atoms with Crippen molar-refractivity contribution in [2.75, 3.05) is 0 Å². The van der Waals surface area contributed by atoms with Crippen molar-refractivity contribution >= 4 is 11.9 Å². The molecule has 0 amide bonds. The molecule has 0 saturated heterocycles. The van der Waals surface area contributed by atoms with Gasteiger partial charge in [0.25, 0.3) is 5.67 Å². The summed E-state index contributed by atoms with van der Waals surface area (Å²) in [6, 6.07) is 20.7. The van der Waals surface area contributed by atoms with Gasteiger partial charge in [0.15, 0.2) is 0 Å². The molecule has 4 aromatic carbocycles. The van der Waals surface area contributed by atoms with Crippen LogP contribution in [0.15, 0.2) is 109 Å². The fraction of sp³-hybridized carbons (Fsp3) is 0.103. The smallest absolute Gasteiger partial charge is 0.423 e. The number of halogens is 6. The number of hydrogen-bond acceptors (Lipinski definition) is 4. The highest BCUT2D eigenvalue weighted by Gasteiger charge is 2.74. The molecule has 0 saturated carbocycles. The molecule has 0 fully saturated rings. The van der Waals surface area contributed by atoms with Crippen molar-refractivity contribution in [3.05, 3.63) is 131 Å². The average Bonchev–Trinajstić information content (AvgIpc) is 2.93. The molecule has 1 unspecified atom stereocenters. The van der Waals surface area contributed by atoms with Gasteiger partial charge in [0.1, 0.15) is 11.5 Å². The van der Waals surface area contributed by atoms with Crippen molar-refractivity contribution in [3.8, 4) is 11.5 Å². The van der Waals surface area contributed by atoms with Gasteiger partial charge in [0.2, 0.25) is 0 Å². The van der Waals surface area contributed by atoms with Crippen molar-refractivity contribution in [2.24, 2.45) is 0 Å². The molecule has 4 rings (SSSR count). The zero-order chi connectivity index (χ0) is 28.3. The van der Waals surface area contributed by atoms with Crippen LogP contribution in [-0.4, -0.2) is 18.1 Å². The van der Waals surface area contributed by atoms with Crippen LogP contribution in [0.3, 0.4) is 0 Å². The maximum Gasteiger partial charge on any atom is 0.433 e. The molecule has 1 atom stereocenters. The Bertz CT molecular complexity index is 1470. The Morgan fingerprint density at radius 3 is 1.28 bits per heavy atom. The van der Waals surface area contributed by atoms with Crippen LogP contribution < -0.4 is 9.47 Å². The molecular weight excluding hydrogens is 526 g/mol. The van der Waals surface area contributed by atoms with Crippen molar-refractivity contribution in [3.63, 3.8) is 0 Å². The van der Waals surface area contributed by atoms with E-state index >= 15 is 13.2 Å². The van der Waals surface area contributed by atoms with Crippen molar-refractivity contribution in [1.29, 1.82) is 0 Å². The van der Waals surface area contributed by atoms with Gasteiger partial charge < -0.3 is 9.47 Å². The molecular formula is C29H18F6O4. The van der Waals surface area contributed by atoms with E-state index < -0.39 is 52.0 Å². The van der Waals surface area contributed by atoms with Crippen molar-refractivity contribution in [1.82, 2.24) is 0 Å². The second-order valence-corrected chi connectivity index (χ2v) is 8.23. The van der Waals surface area contributed by atoms with Crippen LogP contribution in [0.1, 0.15) is 31.8 Å². The molecule has 0 spiro atoms. The Kier molecular flexibility index (Phi) is 7.49. The van der Waals surface area contributed by atoms with Crippen LogP contribution in [0.25, 0.3) is 0 Å². The van der Waals surface area contributed by atoms with E-state index in [2.05, 4.69) is 0 Å². The molecule has 200 valence electrons. The first-order valence-corrected chi connectivity index (χ1v) is 11.3. The summed E-state index contributed by atoms with van der Waals surface area (Å²) in [5, 5.41) is 0. The van der Waals surface area contributed by atoms with Crippen LogP contribution in [0.4, 0.5) is 26.3 Å². The van der Waals surface area contributed by atoms with Gasteiger partial charge in [-0.1, -0.05) is 72.8 Å². The normalized spacial score (nSPS) is 13.3. The monoisotopic (exact) mass is 544 g/mol. The number of hydrogen-bond donors (Lipinski definition) is 0. The van der Waals surface area contributed by atoms with E-state index in [1.54, 1.807) is 12.1 Å². The van der Waals surface area contributed by atoms with Crippen LogP contribution in [0.5, 0.6) is 11.5 Å². The summed E-state index contributed by atoms with van der Waals surface area (Å²) in [5.41, 5.74) is -10.8. The summed E-state index contributed by atoms with van der Waals surface area (Å²) >= 11 is 0. The molecule has 4 nitrogen and oxygen atoms in total. The van der Waals surface area contributed by atoms with Crippen LogP contribution >= 0.6 is 0 Å². The van der Waals surface area contributed by atoms with E-state index in [9.17, 15) is 22.8 Å². The second kappa shape index (κ2) is 10.6. The third kappa shape index (κ3) is 5.22. The highest BCUT2D eigenvalue weighted by molar-refractivity contribution is 5.94. The molecule has 0 aliphatic heterocycles. The maximum absolute atomic E-state index is 16.3. The van der Waals surface area contributed by atoms with Crippen LogP contribution in [-0.2, 0) is 11.6 Å². The molecule has 0 heterocycles. The summed E-state index contributed by atoms with van der Waals surface area (Å²) < 4.78 is 101. The Balaban J connectivity index is 1.83. The lowest BCUT2D eigenvalue weighted by Gasteiger charge is -2.37. The molecule has 10 heteroatoms. The standard InChI is InChI=1S/C29H18F6O4/c30-27(29(33,34)35,23-17-9-7-15-21(23)25(36)38-19-11-3-1-4-12-19)28(31,32)24-18-10-8-16-22(24)26(37)39-20-13-5-2-6-14-20/h1-18H. The van der Waals surface area contributed by atoms with Gasteiger partial charge in [-0.2, -0.15) is 22.0 Å². The molecule has 0 aromatic heterocycles. The third-order valence-corrected chi connectivity index (χ3v) is 5.73. The minimum Gasteiger partial charge on any atom is -0.423 e. The van der Waals surface area contributed by atoms with Gasteiger partial charge in [-0.3, -0.25) is 0 Å². The molecule has 0 aliphatic rings. The number of para-hydroxylation sites is 2. The van der Waals surface area contributed by atoms with Gasteiger partial charge in [-0.25, -0.2) is 14.0 Å². The van der Waals surface area contributed by atoms with E-state index in [1.807, 2.05) is 0 Å². The number of carbonyl (C=O) groups is 2. The molecule has 4 aromatic rings. The molecule has 0 radical (unpaired) electrons. The fourth-order valence-electron chi connectivity index (χ4n) is 3.88. The summed E-state index contributed by atoms with van der Waals surface area (Å²) in [7, 11) is 0. The van der Waals surface area contributed by atoms with E-state index in [1.165, 1.54) is 48.5 Å². The Morgan fingerprint density at radius 2 is 0.846 bits per heavy atom. The van der Waals surface area contributed by atoms with Crippen LogP contribution in [0.2, 0.25) is 0 Å². The number of benzene rings is 4. The minimum atomic E-state index is -6.25. The minimum absolute atomic E-state index is 0.0723. The highest BCUT2D eigenvalue weighted by Crippen LogP contribution is 2.58. The summed E-state index contributed by atoms with van der Waals surface area (Å²) in [6.45, 7) is 0. The predicted octanol–water partition coefficient (Wildman–Crippen LogP) is 7.64. The number of ether oxygens (including phenoxy) is 2. The van der Waals surface area contributed by atoms with E-state index in [0.29, 0.717) is 12.1 Å². The molecule has 39 heavy (non-hydrogen) atoms. The zero-order valence-corrected chi connectivity index (χ0v) is 19.8. The lowest BCUT2D eigenvalue weighted by atomic mass is 9.80. The number of esters is 2. The first-order chi connectivity index (χ1) is 18.5. The number of carbonyl (C=O) groups excluding carboxylic acids is 2. The number of alkyl halides is 6. The van der Waals surface area contributed by atoms with E-state index in [4.69, 9.17) is 9.47 Å². The first-order valence-electron chi connectivity index (χ1n) is 11.3. The Morgan fingerprint density at radius 1 is 0.487 bits per heavy atom. The zero-order valence-electron chi connectivity index (χ0n) is 19.8. The largest absolute Gasteiger partial charge is 0.433 e. The maximum atomic E-state index is 16.3.